The summed E-state index contributed by atoms with van der Waals surface area (Å²) < 4.78 is 14.2. The van der Waals surface area contributed by atoms with E-state index in [1.807, 2.05) is 6.92 Å². The summed E-state index contributed by atoms with van der Waals surface area (Å²) >= 11 is 3.34. The molecule has 0 aromatic heterocycles. The molecular weight excluding hydrogens is 257 g/mol. The van der Waals surface area contributed by atoms with Crippen molar-refractivity contribution in [3.63, 3.8) is 0 Å². The maximum atomic E-state index is 13.6. The second-order valence-electron chi connectivity index (χ2n) is 4.45. The lowest BCUT2D eigenvalue weighted by atomic mass is 9.64. The van der Waals surface area contributed by atoms with Crippen LogP contribution in [0, 0.1) is 12.7 Å². The Hall–Kier alpha value is -0.410. The monoisotopic (exact) mass is 271 g/mol. The molecule has 15 heavy (non-hydrogen) atoms. The molecule has 1 saturated carbocycles. The zero-order chi connectivity index (χ0) is 11.1. The van der Waals surface area contributed by atoms with Crippen molar-refractivity contribution in [2.45, 2.75) is 31.6 Å². The van der Waals surface area contributed by atoms with E-state index in [2.05, 4.69) is 22.0 Å². The first-order chi connectivity index (χ1) is 7.09. The van der Waals surface area contributed by atoms with Crippen LogP contribution in [0.3, 0.4) is 0 Å². The molecule has 1 fully saturated rings. The van der Waals surface area contributed by atoms with E-state index < -0.39 is 0 Å². The Labute approximate surface area is 98.0 Å². The van der Waals surface area contributed by atoms with E-state index in [1.54, 1.807) is 6.07 Å². The van der Waals surface area contributed by atoms with Crippen LogP contribution in [0.2, 0.25) is 0 Å². The third-order valence-electron chi connectivity index (χ3n) is 3.45. The van der Waals surface area contributed by atoms with Gasteiger partial charge in [-0.1, -0.05) is 12.5 Å². The number of rotatable bonds is 2. The molecule has 0 bridgehead atoms. The second kappa shape index (κ2) is 3.87. The minimum atomic E-state index is -0.176. The summed E-state index contributed by atoms with van der Waals surface area (Å²) in [6.45, 7) is 2.52. The van der Waals surface area contributed by atoms with Gasteiger partial charge < -0.3 is 5.73 Å². The number of nitrogens with two attached hydrogens (primary N) is 1. The first kappa shape index (κ1) is 11.1. The van der Waals surface area contributed by atoms with Gasteiger partial charge in [-0.3, -0.25) is 0 Å². The first-order valence-electron chi connectivity index (χ1n) is 5.25. The minimum absolute atomic E-state index is 0.0195. The van der Waals surface area contributed by atoms with Gasteiger partial charge in [0.2, 0.25) is 0 Å². The van der Waals surface area contributed by atoms with E-state index in [9.17, 15) is 4.39 Å². The van der Waals surface area contributed by atoms with Crippen molar-refractivity contribution >= 4 is 15.9 Å². The van der Waals surface area contributed by atoms with Crippen molar-refractivity contribution in [1.82, 2.24) is 0 Å². The fraction of sp³-hybridized carbons (Fsp3) is 0.500. The average Bonchev–Trinajstić information content (AvgIpc) is 2.12. The molecule has 2 N–H and O–H groups in total. The Kier molecular flexibility index (Phi) is 2.86. The van der Waals surface area contributed by atoms with Crippen LogP contribution >= 0.6 is 15.9 Å². The Bertz CT molecular complexity index is 380. The zero-order valence-corrected chi connectivity index (χ0v) is 10.4. The molecule has 1 nitrogen and oxygen atoms in total. The summed E-state index contributed by atoms with van der Waals surface area (Å²) in [5.41, 5.74) is 7.86. The molecule has 0 heterocycles. The largest absolute Gasteiger partial charge is 0.330 e. The molecule has 1 aromatic rings. The number of halogens is 2. The van der Waals surface area contributed by atoms with Crippen molar-refractivity contribution in [1.29, 1.82) is 0 Å². The molecule has 1 aliphatic carbocycles. The summed E-state index contributed by atoms with van der Waals surface area (Å²) in [4.78, 5) is 0. The zero-order valence-electron chi connectivity index (χ0n) is 8.82. The lowest BCUT2D eigenvalue weighted by Crippen LogP contribution is -2.42. The van der Waals surface area contributed by atoms with Gasteiger partial charge >= 0.3 is 0 Å². The van der Waals surface area contributed by atoms with Crippen molar-refractivity contribution in [2.75, 3.05) is 6.54 Å². The molecule has 0 unspecified atom stereocenters. The Morgan fingerprint density at radius 3 is 2.60 bits per heavy atom. The first-order valence-corrected chi connectivity index (χ1v) is 6.04. The Balaban J connectivity index is 2.51. The van der Waals surface area contributed by atoms with Crippen LogP contribution in [0.1, 0.15) is 30.4 Å². The molecule has 2 rings (SSSR count). The van der Waals surface area contributed by atoms with Gasteiger partial charge in [-0.05, 0) is 52.9 Å². The highest BCUT2D eigenvalue weighted by molar-refractivity contribution is 9.10. The van der Waals surface area contributed by atoms with Crippen molar-refractivity contribution in [2.24, 2.45) is 5.73 Å². The van der Waals surface area contributed by atoms with Crippen LogP contribution in [0.4, 0.5) is 4.39 Å². The number of hydrogen-bond donors (Lipinski definition) is 1. The molecule has 0 amide bonds. The fourth-order valence-corrected chi connectivity index (χ4v) is 2.95. The number of hydrogen-bond acceptors (Lipinski definition) is 1. The SMILES string of the molecule is Cc1cc(F)c(Br)c(C2(CN)CCC2)c1. The molecule has 0 aliphatic heterocycles. The van der Waals surface area contributed by atoms with E-state index in [-0.39, 0.29) is 11.2 Å². The number of benzene rings is 1. The van der Waals surface area contributed by atoms with Crippen LogP contribution in [0.25, 0.3) is 0 Å². The Morgan fingerprint density at radius 2 is 2.13 bits per heavy atom. The van der Waals surface area contributed by atoms with E-state index in [4.69, 9.17) is 5.73 Å². The van der Waals surface area contributed by atoms with Gasteiger partial charge in [0.15, 0.2) is 0 Å². The van der Waals surface area contributed by atoms with Crippen molar-refractivity contribution < 1.29 is 4.39 Å². The van der Waals surface area contributed by atoms with Gasteiger partial charge in [-0.2, -0.15) is 0 Å². The van der Waals surface area contributed by atoms with E-state index in [1.165, 1.54) is 6.42 Å². The van der Waals surface area contributed by atoms with Crippen LogP contribution < -0.4 is 5.73 Å². The predicted octanol–water partition coefficient (Wildman–Crippen LogP) is 3.28. The van der Waals surface area contributed by atoms with E-state index in [0.717, 1.165) is 24.0 Å². The predicted molar refractivity (Wildman–Crippen MR) is 63.4 cm³/mol. The number of aryl methyl sites for hydroxylation is 1. The van der Waals surface area contributed by atoms with Crippen LogP contribution in [-0.4, -0.2) is 6.54 Å². The minimum Gasteiger partial charge on any atom is -0.330 e. The fourth-order valence-electron chi connectivity index (χ4n) is 2.30. The maximum absolute atomic E-state index is 13.6. The molecule has 0 atom stereocenters. The topological polar surface area (TPSA) is 26.0 Å². The van der Waals surface area contributed by atoms with Gasteiger partial charge in [0.1, 0.15) is 5.82 Å². The highest BCUT2D eigenvalue weighted by Crippen LogP contribution is 2.46. The third kappa shape index (κ3) is 1.72. The lowest BCUT2D eigenvalue weighted by Gasteiger charge is -2.42. The van der Waals surface area contributed by atoms with Gasteiger partial charge in [0.05, 0.1) is 4.47 Å². The molecule has 1 aliphatic rings. The van der Waals surface area contributed by atoms with E-state index >= 15 is 0 Å². The molecular formula is C12H15BrFN. The van der Waals surface area contributed by atoms with Crippen LogP contribution in [0.5, 0.6) is 0 Å². The third-order valence-corrected chi connectivity index (χ3v) is 4.25. The lowest BCUT2D eigenvalue weighted by molar-refractivity contribution is 0.251. The van der Waals surface area contributed by atoms with Gasteiger partial charge in [0.25, 0.3) is 0 Å². The van der Waals surface area contributed by atoms with Gasteiger partial charge in [0, 0.05) is 12.0 Å². The molecule has 1 aromatic carbocycles. The molecule has 0 saturated heterocycles. The summed E-state index contributed by atoms with van der Waals surface area (Å²) in [6.07, 6.45) is 3.34. The molecule has 82 valence electrons. The highest BCUT2D eigenvalue weighted by Gasteiger charge is 2.39. The highest BCUT2D eigenvalue weighted by atomic mass is 79.9. The van der Waals surface area contributed by atoms with Crippen LogP contribution in [0.15, 0.2) is 16.6 Å². The standard InChI is InChI=1S/C12H15BrFN/c1-8-5-9(11(13)10(14)6-8)12(7-15)3-2-4-12/h5-6H,2-4,7,15H2,1H3. The quantitative estimate of drug-likeness (QED) is 0.878. The maximum Gasteiger partial charge on any atom is 0.137 e. The van der Waals surface area contributed by atoms with Gasteiger partial charge in [-0.15, -0.1) is 0 Å². The van der Waals surface area contributed by atoms with Gasteiger partial charge in [-0.25, -0.2) is 4.39 Å². The second-order valence-corrected chi connectivity index (χ2v) is 5.24. The smallest absolute Gasteiger partial charge is 0.137 e. The molecule has 3 heteroatoms. The molecule has 0 spiro atoms. The summed E-state index contributed by atoms with van der Waals surface area (Å²) in [7, 11) is 0. The summed E-state index contributed by atoms with van der Waals surface area (Å²) in [6, 6.07) is 3.61. The van der Waals surface area contributed by atoms with Crippen LogP contribution in [-0.2, 0) is 5.41 Å². The van der Waals surface area contributed by atoms with E-state index in [0.29, 0.717) is 11.0 Å². The Morgan fingerprint density at radius 1 is 1.47 bits per heavy atom. The summed E-state index contributed by atoms with van der Waals surface area (Å²) in [5, 5.41) is 0. The average molecular weight is 272 g/mol. The summed E-state index contributed by atoms with van der Waals surface area (Å²) in [5.74, 6) is -0.176. The normalized spacial score (nSPS) is 18.7. The van der Waals surface area contributed by atoms with Crippen molar-refractivity contribution in [3.05, 3.63) is 33.5 Å². The molecule has 0 radical (unpaired) electrons. The van der Waals surface area contributed by atoms with Crippen molar-refractivity contribution in [3.8, 4) is 0 Å².